The first-order valence-electron chi connectivity index (χ1n) is 14.0. The van der Waals surface area contributed by atoms with E-state index in [0.29, 0.717) is 18.9 Å². The van der Waals surface area contributed by atoms with E-state index in [0.717, 1.165) is 6.07 Å². The smallest absolute Gasteiger partial charge is 0.410 e. The Morgan fingerprint density at radius 2 is 1.82 bits per heavy atom. The first kappa shape index (κ1) is 32.1. The van der Waals surface area contributed by atoms with Gasteiger partial charge in [0.1, 0.15) is 23.2 Å². The SMILES string of the molecule is CCOC(=O)C1=C([C@@H]2CCCN2C(=O)OC(C)(C)C)NC(Cc2ccc(F)cc2F)=C([N+](=O)[O-])C1c1ccc(C(=O)O)cc1. The van der Waals surface area contributed by atoms with Gasteiger partial charge in [0.15, 0.2) is 0 Å². The molecule has 13 heteroatoms. The summed E-state index contributed by atoms with van der Waals surface area (Å²) in [7, 11) is 0. The van der Waals surface area contributed by atoms with Crippen molar-refractivity contribution >= 4 is 18.0 Å². The number of dihydropyridines is 1. The Labute approximate surface area is 252 Å². The molecule has 4 rings (SSSR count). The number of hydrogen-bond donors (Lipinski definition) is 2. The van der Waals surface area contributed by atoms with Crippen molar-refractivity contribution in [3.63, 3.8) is 0 Å². The van der Waals surface area contributed by atoms with E-state index in [1.165, 1.54) is 35.2 Å². The Balaban J connectivity index is 1.97. The summed E-state index contributed by atoms with van der Waals surface area (Å²) < 4.78 is 39.5. The van der Waals surface area contributed by atoms with Crippen LogP contribution in [0.25, 0.3) is 0 Å². The third kappa shape index (κ3) is 6.87. The van der Waals surface area contributed by atoms with E-state index < -0.39 is 57.8 Å². The molecule has 0 bridgehead atoms. The minimum atomic E-state index is -1.40. The van der Waals surface area contributed by atoms with E-state index in [1.54, 1.807) is 27.7 Å². The number of ether oxygens (including phenoxy) is 2. The zero-order chi connectivity index (χ0) is 32.3. The zero-order valence-corrected chi connectivity index (χ0v) is 24.7. The monoisotopic (exact) mass is 613 g/mol. The van der Waals surface area contributed by atoms with E-state index in [9.17, 15) is 38.4 Å². The lowest BCUT2D eigenvalue weighted by molar-refractivity contribution is -0.431. The molecule has 2 N–H and O–H groups in total. The van der Waals surface area contributed by atoms with Gasteiger partial charge in [-0.05, 0) is 69.9 Å². The maximum Gasteiger partial charge on any atom is 0.410 e. The van der Waals surface area contributed by atoms with Crippen LogP contribution in [0.15, 0.2) is 65.1 Å². The molecule has 11 nitrogen and oxygen atoms in total. The van der Waals surface area contributed by atoms with Gasteiger partial charge in [-0.25, -0.2) is 23.2 Å². The first-order chi connectivity index (χ1) is 20.7. The summed E-state index contributed by atoms with van der Waals surface area (Å²) in [5, 5.41) is 25.1. The van der Waals surface area contributed by atoms with Crippen molar-refractivity contribution in [1.82, 2.24) is 10.2 Å². The molecule has 234 valence electrons. The Bertz CT molecular complexity index is 1550. The van der Waals surface area contributed by atoms with Crippen molar-refractivity contribution in [2.75, 3.05) is 13.2 Å². The fourth-order valence-corrected chi connectivity index (χ4v) is 5.41. The predicted molar refractivity (Wildman–Crippen MR) is 153 cm³/mol. The number of carboxylic acid groups (broad SMARTS) is 1. The molecule has 2 aromatic carbocycles. The molecule has 1 amide bonds. The fraction of sp³-hybridized carbons (Fsp3) is 0.387. The molecular formula is C31H33F2N3O8. The number of nitro groups is 1. The van der Waals surface area contributed by atoms with Crippen LogP contribution in [0.3, 0.4) is 0 Å². The molecule has 1 fully saturated rings. The van der Waals surface area contributed by atoms with Gasteiger partial charge in [-0.3, -0.25) is 15.0 Å². The van der Waals surface area contributed by atoms with E-state index >= 15 is 0 Å². The summed E-state index contributed by atoms with van der Waals surface area (Å²) in [6.07, 6.45) is -0.154. The number of aromatic carboxylic acids is 1. The van der Waals surface area contributed by atoms with Crippen LogP contribution < -0.4 is 5.32 Å². The zero-order valence-electron chi connectivity index (χ0n) is 24.7. The Morgan fingerprint density at radius 3 is 2.39 bits per heavy atom. The van der Waals surface area contributed by atoms with Crippen LogP contribution in [0, 0.1) is 21.7 Å². The molecular weight excluding hydrogens is 580 g/mol. The molecule has 44 heavy (non-hydrogen) atoms. The van der Waals surface area contributed by atoms with Crippen LogP contribution in [0.5, 0.6) is 0 Å². The molecule has 0 aliphatic carbocycles. The van der Waals surface area contributed by atoms with E-state index in [2.05, 4.69) is 5.32 Å². The number of hydrogen-bond acceptors (Lipinski definition) is 8. The number of carbonyl (C=O) groups excluding carboxylic acids is 2. The van der Waals surface area contributed by atoms with Gasteiger partial charge >= 0.3 is 18.0 Å². The average Bonchev–Trinajstić information content (AvgIpc) is 3.43. The van der Waals surface area contributed by atoms with Crippen molar-refractivity contribution in [1.29, 1.82) is 0 Å². The number of nitrogens with zero attached hydrogens (tertiary/aromatic N) is 2. The number of amides is 1. The number of allylic oxidation sites excluding steroid dienone is 2. The van der Waals surface area contributed by atoms with Crippen molar-refractivity contribution < 1.29 is 42.7 Å². The number of nitrogens with one attached hydrogen (secondary N) is 1. The lowest BCUT2D eigenvalue weighted by Crippen LogP contribution is -2.46. The Morgan fingerprint density at radius 1 is 1.14 bits per heavy atom. The minimum absolute atomic E-state index is 0.0532. The molecule has 0 spiro atoms. The van der Waals surface area contributed by atoms with Crippen molar-refractivity contribution in [2.24, 2.45) is 0 Å². The molecule has 1 unspecified atom stereocenters. The normalized spacial score (nSPS) is 18.6. The molecule has 0 saturated carbocycles. The van der Waals surface area contributed by atoms with E-state index in [4.69, 9.17) is 9.47 Å². The third-order valence-electron chi connectivity index (χ3n) is 7.23. The second kappa shape index (κ2) is 12.8. The van der Waals surface area contributed by atoms with Gasteiger partial charge in [0.25, 0.3) is 5.70 Å². The van der Waals surface area contributed by atoms with Crippen LogP contribution in [0.2, 0.25) is 0 Å². The number of halogens is 2. The lowest BCUT2D eigenvalue weighted by atomic mass is 9.81. The summed E-state index contributed by atoms with van der Waals surface area (Å²) in [5.41, 5.74) is -1.38. The maximum atomic E-state index is 14.8. The van der Waals surface area contributed by atoms with Crippen LogP contribution >= 0.6 is 0 Å². The molecule has 2 atom stereocenters. The number of rotatable bonds is 8. The number of benzene rings is 2. The highest BCUT2D eigenvalue weighted by atomic mass is 19.1. The van der Waals surface area contributed by atoms with Crippen molar-refractivity contribution in [3.05, 3.63) is 104 Å². The number of carboxylic acids is 1. The second-order valence-corrected chi connectivity index (χ2v) is 11.4. The summed E-state index contributed by atoms with van der Waals surface area (Å²) in [6, 6.07) is 7.27. The minimum Gasteiger partial charge on any atom is -0.478 e. The highest BCUT2D eigenvalue weighted by Crippen LogP contribution is 2.43. The fourth-order valence-electron chi connectivity index (χ4n) is 5.41. The summed E-state index contributed by atoms with van der Waals surface area (Å²) in [5.74, 6) is -5.26. The quantitative estimate of drug-likeness (QED) is 0.230. The van der Waals surface area contributed by atoms with Gasteiger partial charge < -0.3 is 19.9 Å². The van der Waals surface area contributed by atoms with E-state index in [-0.39, 0.29) is 53.2 Å². The summed E-state index contributed by atoms with van der Waals surface area (Å²) in [4.78, 5) is 51.9. The standard InChI is InChI=1S/C31H33F2N3O8/c1-5-43-29(39)25-24(17-8-10-18(11-9-17)28(37)38)27(36(41)42)22(15-19-12-13-20(32)16-21(19)33)34-26(25)23-7-6-14-35(23)30(40)44-31(2,3)4/h8-13,16,23-24,34H,5-7,14-15H2,1-4H3,(H,37,38)/t23-,24?/m0/s1. The van der Waals surface area contributed by atoms with Gasteiger partial charge in [-0.15, -0.1) is 0 Å². The predicted octanol–water partition coefficient (Wildman–Crippen LogP) is 5.30. The highest BCUT2D eigenvalue weighted by Gasteiger charge is 2.47. The summed E-state index contributed by atoms with van der Waals surface area (Å²) >= 11 is 0. The highest BCUT2D eigenvalue weighted by molar-refractivity contribution is 5.93. The summed E-state index contributed by atoms with van der Waals surface area (Å²) in [6.45, 7) is 6.89. The van der Waals surface area contributed by atoms with Gasteiger partial charge in [-0.1, -0.05) is 18.2 Å². The molecule has 2 aromatic rings. The van der Waals surface area contributed by atoms with Crippen LogP contribution in [-0.4, -0.2) is 57.8 Å². The maximum absolute atomic E-state index is 14.8. The molecule has 2 aliphatic rings. The van der Waals surface area contributed by atoms with Crippen LogP contribution in [0.1, 0.15) is 67.9 Å². The van der Waals surface area contributed by atoms with Gasteiger partial charge in [-0.2, -0.15) is 0 Å². The van der Waals surface area contributed by atoms with Crippen LogP contribution in [0.4, 0.5) is 13.6 Å². The molecule has 0 aromatic heterocycles. The number of esters is 1. The van der Waals surface area contributed by atoms with Gasteiger partial charge in [0, 0.05) is 24.7 Å². The van der Waals surface area contributed by atoms with Gasteiger partial charge in [0.05, 0.1) is 34.4 Å². The average molecular weight is 614 g/mol. The van der Waals surface area contributed by atoms with Crippen molar-refractivity contribution in [3.8, 4) is 0 Å². The second-order valence-electron chi connectivity index (χ2n) is 11.4. The van der Waals surface area contributed by atoms with Gasteiger partial charge in [0.2, 0.25) is 0 Å². The number of likely N-dealkylation sites (tertiary alicyclic amines) is 1. The molecule has 2 aliphatic heterocycles. The Hall–Kier alpha value is -4.81. The third-order valence-corrected chi connectivity index (χ3v) is 7.23. The topological polar surface area (TPSA) is 148 Å². The lowest BCUT2D eigenvalue weighted by Gasteiger charge is -2.35. The van der Waals surface area contributed by atoms with Crippen LogP contribution in [-0.2, 0) is 20.7 Å². The first-order valence-corrected chi connectivity index (χ1v) is 14.0. The molecule has 1 saturated heterocycles. The number of carbonyl (C=O) groups is 3. The largest absolute Gasteiger partial charge is 0.478 e. The molecule has 0 radical (unpaired) electrons. The van der Waals surface area contributed by atoms with Crippen molar-refractivity contribution in [2.45, 2.75) is 64.5 Å². The Kier molecular flexibility index (Phi) is 9.36. The molecule has 2 heterocycles. The van der Waals surface area contributed by atoms with E-state index in [1.807, 2.05) is 0 Å².